The fourth-order valence-corrected chi connectivity index (χ4v) is 3.42. The van der Waals surface area contributed by atoms with Crippen molar-refractivity contribution in [2.75, 3.05) is 0 Å². The summed E-state index contributed by atoms with van der Waals surface area (Å²) in [5.74, 6) is 1.21. The van der Waals surface area contributed by atoms with Gasteiger partial charge in [-0.05, 0) is 48.7 Å². The Morgan fingerprint density at radius 3 is 2.62 bits per heavy atom. The van der Waals surface area contributed by atoms with E-state index in [-0.39, 0.29) is 0 Å². The lowest BCUT2D eigenvalue weighted by atomic mass is 9.83. The lowest BCUT2D eigenvalue weighted by molar-refractivity contribution is 0.459. The molecule has 2 atom stereocenters. The maximum atomic E-state index is 4.10. The lowest BCUT2D eigenvalue weighted by Crippen LogP contribution is -2.06. The predicted molar refractivity (Wildman–Crippen MR) is 107 cm³/mol. The maximum absolute atomic E-state index is 4.10. The topological polar surface area (TPSA) is 0 Å². The minimum Gasteiger partial charge on any atom is -0.103 e. The standard InChI is InChI=1S/C24H32/c1-3-5-8-13-21(4-2)20-24(23-16-11-7-12-17-23)19-18-22-14-9-6-10-15-22/h4,6-7,9-12,14,16-18,21,24H,2-3,5,8,13,15,19-20H2,1H3. The molecule has 0 radical (unpaired) electrons. The highest BCUT2D eigenvalue weighted by Crippen LogP contribution is 2.31. The molecule has 2 unspecified atom stereocenters. The number of hydrogen-bond donors (Lipinski definition) is 0. The van der Waals surface area contributed by atoms with Gasteiger partial charge in [-0.15, -0.1) is 6.58 Å². The third-order valence-corrected chi connectivity index (χ3v) is 4.95. The molecule has 0 aliphatic heterocycles. The molecule has 2 rings (SSSR count). The molecular weight excluding hydrogens is 288 g/mol. The summed E-state index contributed by atoms with van der Waals surface area (Å²) in [6.45, 7) is 6.37. The molecule has 0 amide bonds. The zero-order valence-electron chi connectivity index (χ0n) is 15.2. The summed E-state index contributed by atoms with van der Waals surface area (Å²) in [6, 6.07) is 11.0. The first-order valence-corrected chi connectivity index (χ1v) is 9.53. The Labute approximate surface area is 148 Å². The second-order valence-electron chi connectivity index (χ2n) is 6.84. The van der Waals surface area contributed by atoms with Gasteiger partial charge in [0.25, 0.3) is 0 Å². The smallest absolute Gasteiger partial charge is 0.00975 e. The lowest BCUT2D eigenvalue weighted by Gasteiger charge is -2.21. The van der Waals surface area contributed by atoms with Crippen molar-refractivity contribution in [2.24, 2.45) is 5.92 Å². The number of benzene rings is 1. The van der Waals surface area contributed by atoms with Crippen LogP contribution in [0.15, 0.2) is 78.9 Å². The van der Waals surface area contributed by atoms with E-state index in [0.29, 0.717) is 11.8 Å². The van der Waals surface area contributed by atoms with Gasteiger partial charge in [0, 0.05) is 0 Å². The van der Waals surface area contributed by atoms with Crippen LogP contribution in [-0.2, 0) is 0 Å². The van der Waals surface area contributed by atoms with Crippen molar-refractivity contribution in [1.82, 2.24) is 0 Å². The average molecular weight is 321 g/mol. The third-order valence-electron chi connectivity index (χ3n) is 4.95. The molecule has 128 valence electrons. The van der Waals surface area contributed by atoms with E-state index in [2.05, 4.69) is 80.3 Å². The van der Waals surface area contributed by atoms with Gasteiger partial charge in [0.1, 0.15) is 0 Å². The highest BCUT2D eigenvalue weighted by molar-refractivity contribution is 5.30. The summed E-state index contributed by atoms with van der Waals surface area (Å²) in [6.07, 6.45) is 22.0. The van der Waals surface area contributed by atoms with Crippen LogP contribution >= 0.6 is 0 Å². The van der Waals surface area contributed by atoms with Crippen LogP contribution in [0.1, 0.15) is 63.4 Å². The Bertz CT molecular complexity index is 559. The molecule has 1 aliphatic rings. The summed E-state index contributed by atoms with van der Waals surface area (Å²) < 4.78 is 0. The van der Waals surface area contributed by atoms with Crippen LogP contribution in [0.2, 0.25) is 0 Å². The van der Waals surface area contributed by atoms with Crippen LogP contribution in [0, 0.1) is 5.92 Å². The molecule has 1 aromatic rings. The fraction of sp³-hybridized carbons (Fsp3) is 0.417. The summed E-state index contributed by atoms with van der Waals surface area (Å²) in [5.41, 5.74) is 2.91. The normalized spacial score (nSPS) is 17.8. The van der Waals surface area contributed by atoms with Crippen molar-refractivity contribution in [1.29, 1.82) is 0 Å². The molecule has 0 heteroatoms. The van der Waals surface area contributed by atoms with Gasteiger partial charge < -0.3 is 0 Å². The van der Waals surface area contributed by atoms with Crippen LogP contribution in [0.25, 0.3) is 0 Å². The molecule has 0 N–H and O–H groups in total. The van der Waals surface area contributed by atoms with E-state index in [0.717, 1.165) is 12.8 Å². The van der Waals surface area contributed by atoms with Crippen molar-refractivity contribution >= 4 is 0 Å². The number of allylic oxidation sites excluding steroid dienone is 7. The predicted octanol–water partition coefficient (Wildman–Crippen LogP) is 7.38. The highest BCUT2D eigenvalue weighted by Gasteiger charge is 2.15. The third kappa shape index (κ3) is 6.35. The summed E-state index contributed by atoms with van der Waals surface area (Å²) in [7, 11) is 0. The van der Waals surface area contributed by atoms with Gasteiger partial charge in [0.05, 0.1) is 0 Å². The fourth-order valence-electron chi connectivity index (χ4n) is 3.42. The molecule has 0 saturated heterocycles. The van der Waals surface area contributed by atoms with Gasteiger partial charge in [-0.1, -0.05) is 93.0 Å². The van der Waals surface area contributed by atoms with E-state index < -0.39 is 0 Å². The molecule has 0 spiro atoms. The molecule has 0 nitrogen and oxygen atoms in total. The Hall–Kier alpha value is -1.82. The largest absolute Gasteiger partial charge is 0.103 e. The Balaban J connectivity index is 2.03. The van der Waals surface area contributed by atoms with Gasteiger partial charge in [-0.25, -0.2) is 0 Å². The molecule has 1 aromatic carbocycles. The molecule has 0 saturated carbocycles. The first-order valence-electron chi connectivity index (χ1n) is 9.53. The van der Waals surface area contributed by atoms with Crippen molar-refractivity contribution in [3.8, 4) is 0 Å². The van der Waals surface area contributed by atoms with Crippen LogP contribution in [-0.4, -0.2) is 0 Å². The quantitative estimate of drug-likeness (QED) is 0.312. The monoisotopic (exact) mass is 320 g/mol. The number of hydrogen-bond acceptors (Lipinski definition) is 0. The Kier molecular flexibility index (Phi) is 8.38. The van der Waals surface area contributed by atoms with E-state index >= 15 is 0 Å². The van der Waals surface area contributed by atoms with Gasteiger partial charge in [0.2, 0.25) is 0 Å². The van der Waals surface area contributed by atoms with Gasteiger partial charge in [-0.3, -0.25) is 0 Å². The second-order valence-corrected chi connectivity index (χ2v) is 6.84. The van der Waals surface area contributed by atoms with Crippen LogP contribution < -0.4 is 0 Å². The van der Waals surface area contributed by atoms with Crippen LogP contribution in [0.5, 0.6) is 0 Å². The minimum atomic E-state index is 0.586. The maximum Gasteiger partial charge on any atom is -0.00975 e. The van der Waals surface area contributed by atoms with Gasteiger partial charge >= 0.3 is 0 Å². The van der Waals surface area contributed by atoms with Gasteiger partial charge in [-0.2, -0.15) is 0 Å². The Morgan fingerprint density at radius 2 is 1.96 bits per heavy atom. The first-order chi connectivity index (χ1) is 11.8. The van der Waals surface area contributed by atoms with E-state index in [4.69, 9.17) is 0 Å². The van der Waals surface area contributed by atoms with E-state index in [1.165, 1.54) is 43.2 Å². The van der Waals surface area contributed by atoms with Crippen molar-refractivity contribution < 1.29 is 0 Å². The molecule has 0 fully saturated rings. The molecule has 0 bridgehead atoms. The number of rotatable bonds is 10. The van der Waals surface area contributed by atoms with Gasteiger partial charge in [0.15, 0.2) is 0 Å². The van der Waals surface area contributed by atoms with Crippen molar-refractivity contribution in [3.05, 3.63) is 84.5 Å². The zero-order valence-corrected chi connectivity index (χ0v) is 15.2. The first kappa shape index (κ1) is 18.5. The SMILES string of the molecule is C=CC(CCCCC)CC(CC=C1C=CC=CC1)c1ccccc1. The second kappa shape index (κ2) is 10.9. The molecule has 1 aliphatic carbocycles. The Morgan fingerprint density at radius 1 is 1.12 bits per heavy atom. The highest BCUT2D eigenvalue weighted by atomic mass is 14.2. The van der Waals surface area contributed by atoms with Crippen molar-refractivity contribution in [3.63, 3.8) is 0 Å². The zero-order chi connectivity index (χ0) is 17.0. The molecular formula is C24H32. The molecule has 0 heterocycles. The summed E-state index contributed by atoms with van der Waals surface area (Å²) in [4.78, 5) is 0. The number of unbranched alkanes of at least 4 members (excludes halogenated alkanes) is 2. The average Bonchev–Trinajstić information content (AvgIpc) is 2.65. The summed E-state index contributed by atoms with van der Waals surface area (Å²) >= 11 is 0. The van der Waals surface area contributed by atoms with E-state index in [9.17, 15) is 0 Å². The molecule has 24 heavy (non-hydrogen) atoms. The van der Waals surface area contributed by atoms with Crippen LogP contribution in [0.4, 0.5) is 0 Å². The van der Waals surface area contributed by atoms with E-state index in [1.54, 1.807) is 0 Å². The van der Waals surface area contributed by atoms with Crippen molar-refractivity contribution in [2.45, 2.75) is 57.8 Å². The summed E-state index contributed by atoms with van der Waals surface area (Å²) in [5, 5.41) is 0. The van der Waals surface area contributed by atoms with Crippen LogP contribution in [0.3, 0.4) is 0 Å². The molecule has 0 aromatic heterocycles. The minimum absolute atomic E-state index is 0.586. The van der Waals surface area contributed by atoms with E-state index in [1.807, 2.05) is 0 Å².